The third-order valence-electron chi connectivity index (χ3n) is 10.1. The molecule has 1 amide bonds. The number of carbonyl (C=O) groups excluding carboxylic acids is 1. The maximum Gasteiger partial charge on any atom is 0.222 e. The highest BCUT2D eigenvalue weighted by Gasteiger charge is 2.61. The van der Waals surface area contributed by atoms with Crippen LogP contribution in [-0.2, 0) is 17.9 Å². The van der Waals surface area contributed by atoms with Crippen LogP contribution >= 0.6 is 0 Å². The number of nitrogens with zero attached hydrogens (tertiary/aromatic N) is 2. The van der Waals surface area contributed by atoms with Crippen molar-refractivity contribution in [2.45, 2.75) is 84.1 Å². The molecule has 0 unspecified atom stereocenters. The third kappa shape index (κ3) is 5.76. The Kier molecular flexibility index (Phi) is 8.24. The number of furan rings is 1. The van der Waals surface area contributed by atoms with Crippen molar-refractivity contribution in [3.05, 3.63) is 47.9 Å². The van der Waals surface area contributed by atoms with Gasteiger partial charge in [-0.3, -0.25) is 4.79 Å². The number of aliphatic hydroxyl groups is 2. The number of methoxy groups -OCH3 is 1. The second kappa shape index (κ2) is 11.4. The fraction of sp³-hybridized carbons (Fsp3) is 0.656. The highest BCUT2D eigenvalue weighted by atomic mass is 16.5. The van der Waals surface area contributed by atoms with Crippen LogP contribution in [0.5, 0.6) is 5.75 Å². The minimum absolute atomic E-state index is 0.0465. The average Bonchev–Trinajstić information content (AvgIpc) is 3.50. The van der Waals surface area contributed by atoms with Crippen molar-refractivity contribution in [2.24, 2.45) is 16.7 Å². The Bertz CT molecular complexity index is 1170. The summed E-state index contributed by atoms with van der Waals surface area (Å²) >= 11 is 0. The molecule has 2 aromatic rings. The van der Waals surface area contributed by atoms with E-state index in [4.69, 9.17) is 9.15 Å². The van der Waals surface area contributed by atoms with E-state index in [1.807, 2.05) is 42.2 Å². The van der Waals surface area contributed by atoms with E-state index in [1.54, 1.807) is 7.11 Å². The van der Waals surface area contributed by atoms with E-state index in [-0.39, 0.29) is 29.4 Å². The lowest BCUT2D eigenvalue weighted by Crippen LogP contribution is -2.52. The van der Waals surface area contributed by atoms with Crippen LogP contribution < -0.4 is 15.0 Å². The molecule has 2 heterocycles. The summed E-state index contributed by atoms with van der Waals surface area (Å²) in [5, 5.41) is 24.3. The number of fused-ring (bicyclic) bond motifs is 1. The monoisotopic (exact) mass is 553 g/mol. The normalized spacial score (nSPS) is 29.9. The van der Waals surface area contributed by atoms with Crippen LogP contribution in [0.2, 0.25) is 0 Å². The zero-order valence-corrected chi connectivity index (χ0v) is 24.6. The molecule has 3 fully saturated rings. The van der Waals surface area contributed by atoms with Gasteiger partial charge in [-0.1, -0.05) is 26.0 Å². The molecule has 8 heteroatoms. The van der Waals surface area contributed by atoms with Crippen molar-refractivity contribution in [1.82, 2.24) is 10.2 Å². The molecule has 2 aliphatic carbocycles. The van der Waals surface area contributed by atoms with Gasteiger partial charge in [0.15, 0.2) is 0 Å². The predicted octanol–water partition coefficient (Wildman–Crippen LogP) is 4.34. The van der Waals surface area contributed by atoms with E-state index in [9.17, 15) is 15.0 Å². The molecule has 1 aromatic carbocycles. The lowest BCUT2D eigenvalue weighted by atomic mass is 9.57. The maximum atomic E-state index is 13.6. The number of piperazine rings is 1. The molecule has 3 N–H and O–H groups in total. The summed E-state index contributed by atoms with van der Waals surface area (Å²) in [5.41, 5.74) is 0.395. The van der Waals surface area contributed by atoms with Crippen LogP contribution in [0.3, 0.4) is 0 Å². The van der Waals surface area contributed by atoms with Crippen LogP contribution in [0, 0.1) is 16.7 Å². The van der Waals surface area contributed by atoms with Crippen molar-refractivity contribution >= 4 is 11.6 Å². The minimum atomic E-state index is -0.670. The molecule has 0 bridgehead atoms. The van der Waals surface area contributed by atoms with Crippen molar-refractivity contribution in [3.63, 3.8) is 0 Å². The number of nitrogens with one attached hydrogen (secondary N) is 1. The fourth-order valence-electron chi connectivity index (χ4n) is 7.93. The number of carbonyl (C=O) groups is 1. The zero-order chi connectivity index (χ0) is 28.5. The summed E-state index contributed by atoms with van der Waals surface area (Å²) in [6, 6.07) is 12.0. The Morgan fingerprint density at radius 3 is 2.48 bits per heavy atom. The summed E-state index contributed by atoms with van der Waals surface area (Å²) in [6.45, 7) is 10.1. The summed E-state index contributed by atoms with van der Waals surface area (Å²) in [6.07, 6.45) is 4.75. The van der Waals surface area contributed by atoms with Crippen molar-refractivity contribution in [1.29, 1.82) is 0 Å². The molecule has 2 saturated carbocycles. The Labute approximate surface area is 238 Å². The van der Waals surface area contributed by atoms with Gasteiger partial charge in [0, 0.05) is 38.6 Å². The first-order chi connectivity index (χ1) is 19.1. The number of para-hydroxylation sites is 2. The molecular weight excluding hydrogens is 506 g/mol. The van der Waals surface area contributed by atoms with Crippen LogP contribution in [0.4, 0.5) is 5.69 Å². The smallest absolute Gasteiger partial charge is 0.222 e. The predicted molar refractivity (Wildman–Crippen MR) is 155 cm³/mol. The second-order valence-corrected chi connectivity index (χ2v) is 13.2. The van der Waals surface area contributed by atoms with Crippen molar-refractivity contribution < 1.29 is 24.2 Å². The lowest BCUT2D eigenvalue weighted by molar-refractivity contribution is -0.133. The van der Waals surface area contributed by atoms with Gasteiger partial charge in [-0.05, 0) is 80.0 Å². The Hall–Kier alpha value is -2.55. The number of hydrogen-bond acceptors (Lipinski definition) is 7. The number of ether oxygens (including phenoxy) is 1. The summed E-state index contributed by atoms with van der Waals surface area (Å²) < 4.78 is 11.3. The van der Waals surface area contributed by atoms with Gasteiger partial charge in [-0.15, -0.1) is 0 Å². The highest BCUT2D eigenvalue weighted by molar-refractivity contribution is 5.76. The summed E-state index contributed by atoms with van der Waals surface area (Å²) in [7, 11) is 1.70. The zero-order valence-electron chi connectivity index (χ0n) is 24.6. The van der Waals surface area contributed by atoms with Gasteiger partial charge in [-0.25, -0.2) is 0 Å². The Morgan fingerprint density at radius 1 is 1.05 bits per heavy atom. The standard InChI is InChI=1S/C32H47N3O5/c1-30(2)20-28(33-21-23-9-10-24(22-36)40-23)32(14-13-31(3,38)19-27(30)32)12-11-29(37)35-17-15-34(16-18-35)25-7-5-6-8-26(25)39-4/h5-10,27-28,33,36,38H,11-22H2,1-4H3/t27-,28-,31-,32-/m0/s1. The SMILES string of the molecule is COc1ccccc1N1CCN(C(=O)CC[C@]23CC[C@](C)(O)C[C@H]2C(C)(C)C[C@@H]3NCc2ccc(CO)o2)CC1. The van der Waals surface area contributed by atoms with Crippen LogP contribution in [0.25, 0.3) is 0 Å². The highest BCUT2D eigenvalue weighted by Crippen LogP contribution is 2.64. The van der Waals surface area contributed by atoms with Crippen LogP contribution in [0.15, 0.2) is 40.8 Å². The van der Waals surface area contributed by atoms with E-state index in [0.29, 0.717) is 37.7 Å². The second-order valence-electron chi connectivity index (χ2n) is 13.2. The van der Waals surface area contributed by atoms with Gasteiger partial charge in [0.25, 0.3) is 0 Å². The fourth-order valence-corrected chi connectivity index (χ4v) is 7.93. The van der Waals surface area contributed by atoms with E-state index in [0.717, 1.165) is 62.4 Å². The maximum absolute atomic E-state index is 13.6. The number of aliphatic hydroxyl groups excluding tert-OH is 1. The van der Waals surface area contributed by atoms with Crippen molar-refractivity contribution in [3.8, 4) is 5.75 Å². The molecule has 0 spiro atoms. The molecule has 220 valence electrons. The Balaban J connectivity index is 1.26. The molecule has 0 radical (unpaired) electrons. The van der Waals surface area contributed by atoms with E-state index >= 15 is 0 Å². The quantitative estimate of drug-likeness (QED) is 0.425. The lowest BCUT2D eigenvalue weighted by Gasteiger charge is -2.51. The molecule has 8 nitrogen and oxygen atoms in total. The van der Waals surface area contributed by atoms with E-state index < -0.39 is 5.60 Å². The van der Waals surface area contributed by atoms with Gasteiger partial charge in [0.05, 0.1) is 24.9 Å². The number of anilines is 1. The third-order valence-corrected chi connectivity index (χ3v) is 10.1. The average molecular weight is 554 g/mol. The molecule has 40 heavy (non-hydrogen) atoms. The summed E-state index contributed by atoms with van der Waals surface area (Å²) in [4.78, 5) is 17.9. The number of amides is 1. The minimum Gasteiger partial charge on any atom is -0.495 e. The Morgan fingerprint density at radius 2 is 1.77 bits per heavy atom. The first-order valence-electron chi connectivity index (χ1n) is 14.9. The molecule has 5 rings (SSSR count). The van der Waals surface area contributed by atoms with E-state index in [2.05, 4.69) is 30.1 Å². The molecule has 3 aliphatic rings. The number of hydrogen-bond donors (Lipinski definition) is 3. The molecular formula is C32H47N3O5. The number of rotatable bonds is 9. The van der Waals surface area contributed by atoms with Gasteiger partial charge >= 0.3 is 0 Å². The molecule has 1 aromatic heterocycles. The van der Waals surface area contributed by atoms with Crippen molar-refractivity contribution in [2.75, 3.05) is 38.2 Å². The van der Waals surface area contributed by atoms with Crippen LogP contribution in [0.1, 0.15) is 70.8 Å². The summed E-state index contributed by atoms with van der Waals surface area (Å²) in [5.74, 6) is 2.80. The first-order valence-corrected chi connectivity index (χ1v) is 14.9. The van der Waals surface area contributed by atoms with Gasteiger partial charge < -0.3 is 34.5 Å². The largest absolute Gasteiger partial charge is 0.495 e. The molecule has 4 atom stereocenters. The first kappa shape index (κ1) is 29.0. The van der Waals surface area contributed by atoms with E-state index in [1.165, 1.54) is 0 Å². The van der Waals surface area contributed by atoms with Gasteiger partial charge in [0.2, 0.25) is 5.91 Å². The van der Waals surface area contributed by atoms with Gasteiger partial charge in [-0.2, -0.15) is 0 Å². The molecule has 1 saturated heterocycles. The topological polar surface area (TPSA) is 98.4 Å². The number of benzene rings is 1. The molecule has 1 aliphatic heterocycles. The van der Waals surface area contributed by atoms with Crippen LogP contribution in [-0.4, -0.2) is 66.0 Å². The van der Waals surface area contributed by atoms with Gasteiger partial charge in [0.1, 0.15) is 23.9 Å².